The number of alkyl halides is 3. The van der Waals surface area contributed by atoms with Gasteiger partial charge in [-0.2, -0.15) is 0 Å². The molecule has 134 valence electrons. The van der Waals surface area contributed by atoms with E-state index in [0.717, 1.165) is 29.8 Å². The number of rotatable bonds is 6. The van der Waals surface area contributed by atoms with E-state index in [2.05, 4.69) is 15.4 Å². The molecule has 1 atom stereocenters. The van der Waals surface area contributed by atoms with Crippen LogP contribution < -0.4 is 15.4 Å². The number of hydrogen-bond donors (Lipinski definition) is 2. The van der Waals surface area contributed by atoms with E-state index in [1.807, 2.05) is 31.2 Å². The van der Waals surface area contributed by atoms with Gasteiger partial charge in [0.15, 0.2) is 0 Å². The molecule has 0 spiro atoms. The average Bonchev–Trinajstić information content (AvgIpc) is 2.55. The first-order valence-electron chi connectivity index (χ1n) is 7.79. The fourth-order valence-corrected chi connectivity index (χ4v) is 2.26. The van der Waals surface area contributed by atoms with Gasteiger partial charge in [0.2, 0.25) is 5.91 Å². The van der Waals surface area contributed by atoms with Crippen molar-refractivity contribution in [3.05, 3.63) is 54.1 Å². The standard InChI is InChI=1S/C18H19F3N2O2/c1-3-13-6-4-5-7-16(13)22-12(2)17(24)23-14-8-10-15(11-9-14)25-18(19,20)21/h4-12,22H,3H2,1-2H3,(H,23,24)/t12-/m0/s1. The van der Waals surface area contributed by atoms with Crippen molar-refractivity contribution in [2.24, 2.45) is 0 Å². The van der Waals surface area contributed by atoms with E-state index in [9.17, 15) is 18.0 Å². The number of carbonyl (C=O) groups excluding carboxylic acids is 1. The van der Waals surface area contributed by atoms with Crippen LogP contribution in [0.4, 0.5) is 24.5 Å². The molecular formula is C18H19F3N2O2. The summed E-state index contributed by atoms with van der Waals surface area (Å²) in [4.78, 5) is 12.2. The Balaban J connectivity index is 1.97. The van der Waals surface area contributed by atoms with Gasteiger partial charge in [0, 0.05) is 11.4 Å². The highest BCUT2D eigenvalue weighted by molar-refractivity contribution is 5.96. The molecule has 25 heavy (non-hydrogen) atoms. The molecule has 0 heterocycles. The van der Waals surface area contributed by atoms with Gasteiger partial charge in [-0.15, -0.1) is 13.2 Å². The van der Waals surface area contributed by atoms with E-state index < -0.39 is 12.4 Å². The molecule has 0 aliphatic rings. The first-order valence-corrected chi connectivity index (χ1v) is 7.79. The van der Waals surface area contributed by atoms with Crippen LogP contribution in [0, 0.1) is 0 Å². The topological polar surface area (TPSA) is 50.4 Å². The molecule has 4 nitrogen and oxygen atoms in total. The van der Waals surface area contributed by atoms with Crippen LogP contribution in [0.3, 0.4) is 0 Å². The molecule has 0 aliphatic heterocycles. The Morgan fingerprint density at radius 1 is 1.12 bits per heavy atom. The van der Waals surface area contributed by atoms with Gasteiger partial charge in [-0.1, -0.05) is 25.1 Å². The lowest BCUT2D eigenvalue weighted by molar-refractivity contribution is -0.274. The number of carbonyl (C=O) groups is 1. The van der Waals surface area contributed by atoms with Crippen molar-refractivity contribution >= 4 is 17.3 Å². The third kappa shape index (κ3) is 5.70. The molecule has 2 aromatic rings. The molecule has 0 bridgehead atoms. The Labute approximate surface area is 144 Å². The Morgan fingerprint density at radius 3 is 2.36 bits per heavy atom. The minimum Gasteiger partial charge on any atom is -0.406 e. The monoisotopic (exact) mass is 352 g/mol. The summed E-state index contributed by atoms with van der Waals surface area (Å²) in [7, 11) is 0. The van der Waals surface area contributed by atoms with Crippen LogP contribution in [0.2, 0.25) is 0 Å². The Kier molecular flexibility index (Phi) is 5.90. The van der Waals surface area contributed by atoms with Gasteiger partial charge in [0.05, 0.1) is 0 Å². The molecule has 0 saturated heterocycles. The summed E-state index contributed by atoms with van der Waals surface area (Å²) in [5.74, 6) is -0.635. The molecular weight excluding hydrogens is 333 g/mol. The molecule has 2 rings (SSSR count). The molecule has 7 heteroatoms. The zero-order valence-corrected chi connectivity index (χ0v) is 13.9. The summed E-state index contributed by atoms with van der Waals surface area (Å²) in [6.07, 6.45) is -3.91. The first kappa shape index (κ1) is 18.6. The lowest BCUT2D eigenvalue weighted by atomic mass is 10.1. The van der Waals surface area contributed by atoms with Crippen LogP contribution in [0.25, 0.3) is 0 Å². The molecule has 0 radical (unpaired) electrons. The number of amides is 1. The number of nitrogens with one attached hydrogen (secondary N) is 2. The summed E-state index contributed by atoms with van der Waals surface area (Å²) < 4.78 is 40.2. The van der Waals surface area contributed by atoms with Crippen molar-refractivity contribution in [1.82, 2.24) is 0 Å². The number of benzene rings is 2. The third-order valence-corrected chi connectivity index (χ3v) is 3.52. The SMILES string of the molecule is CCc1ccccc1N[C@@H](C)C(=O)Nc1ccc(OC(F)(F)F)cc1. The molecule has 0 saturated carbocycles. The van der Waals surface area contributed by atoms with Crippen molar-refractivity contribution in [3.63, 3.8) is 0 Å². The second-order valence-electron chi connectivity index (χ2n) is 5.44. The summed E-state index contributed by atoms with van der Waals surface area (Å²) in [5, 5.41) is 5.79. The van der Waals surface area contributed by atoms with E-state index in [1.165, 1.54) is 12.1 Å². The first-order chi connectivity index (χ1) is 11.8. The summed E-state index contributed by atoms with van der Waals surface area (Å²) in [5.41, 5.74) is 2.36. The predicted molar refractivity (Wildman–Crippen MR) is 90.7 cm³/mol. The summed E-state index contributed by atoms with van der Waals surface area (Å²) in [6, 6.07) is 12.2. The third-order valence-electron chi connectivity index (χ3n) is 3.52. The van der Waals surface area contributed by atoms with Crippen LogP contribution in [0.1, 0.15) is 19.4 Å². The largest absolute Gasteiger partial charge is 0.573 e. The fraction of sp³-hybridized carbons (Fsp3) is 0.278. The highest BCUT2D eigenvalue weighted by atomic mass is 19.4. The lowest BCUT2D eigenvalue weighted by Gasteiger charge is -2.17. The zero-order valence-electron chi connectivity index (χ0n) is 13.9. The lowest BCUT2D eigenvalue weighted by Crippen LogP contribution is -2.32. The molecule has 0 aliphatic carbocycles. The van der Waals surface area contributed by atoms with Crippen LogP contribution in [-0.4, -0.2) is 18.3 Å². The number of para-hydroxylation sites is 1. The van der Waals surface area contributed by atoms with Crippen molar-refractivity contribution in [2.75, 3.05) is 10.6 Å². The van der Waals surface area contributed by atoms with Gasteiger partial charge >= 0.3 is 6.36 Å². The maximum Gasteiger partial charge on any atom is 0.573 e. The number of aryl methyl sites for hydroxylation is 1. The van der Waals surface area contributed by atoms with Gasteiger partial charge in [-0.25, -0.2) is 0 Å². The van der Waals surface area contributed by atoms with Gasteiger partial charge in [-0.3, -0.25) is 4.79 Å². The van der Waals surface area contributed by atoms with Crippen LogP contribution in [-0.2, 0) is 11.2 Å². The second-order valence-corrected chi connectivity index (χ2v) is 5.44. The van der Waals surface area contributed by atoms with E-state index in [1.54, 1.807) is 6.92 Å². The smallest absolute Gasteiger partial charge is 0.406 e. The number of halogens is 3. The Bertz CT molecular complexity index is 715. The molecule has 0 fully saturated rings. The van der Waals surface area contributed by atoms with Gasteiger partial charge in [0.25, 0.3) is 0 Å². The van der Waals surface area contributed by atoms with Crippen molar-refractivity contribution in [1.29, 1.82) is 0 Å². The van der Waals surface area contributed by atoms with Crippen LogP contribution in [0.15, 0.2) is 48.5 Å². The van der Waals surface area contributed by atoms with Gasteiger partial charge < -0.3 is 15.4 Å². The Hall–Kier alpha value is -2.70. The van der Waals surface area contributed by atoms with Crippen LogP contribution >= 0.6 is 0 Å². The predicted octanol–water partition coefficient (Wildman–Crippen LogP) is 4.59. The Morgan fingerprint density at radius 2 is 1.76 bits per heavy atom. The van der Waals surface area contributed by atoms with Crippen molar-refractivity contribution < 1.29 is 22.7 Å². The molecule has 1 amide bonds. The highest BCUT2D eigenvalue weighted by Crippen LogP contribution is 2.24. The average molecular weight is 352 g/mol. The fourth-order valence-electron chi connectivity index (χ4n) is 2.26. The van der Waals surface area contributed by atoms with Crippen molar-refractivity contribution in [2.45, 2.75) is 32.7 Å². The normalized spacial score (nSPS) is 12.4. The minimum atomic E-state index is -4.74. The van der Waals surface area contributed by atoms with E-state index in [0.29, 0.717) is 5.69 Å². The summed E-state index contributed by atoms with van der Waals surface area (Å²) in [6.45, 7) is 3.73. The minimum absolute atomic E-state index is 0.296. The maximum atomic E-state index is 12.2. The van der Waals surface area contributed by atoms with Gasteiger partial charge in [-0.05, 0) is 49.2 Å². The number of ether oxygens (including phenoxy) is 1. The van der Waals surface area contributed by atoms with E-state index >= 15 is 0 Å². The molecule has 0 aromatic heterocycles. The van der Waals surface area contributed by atoms with E-state index in [-0.39, 0.29) is 11.7 Å². The molecule has 0 unspecified atom stereocenters. The van der Waals surface area contributed by atoms with Crippen LogP contribution in [0.5, 0.6) is 5.75 Å². The highest BCUT2D eigenvalue weighted by Gasteiger charge is 2.31. The quantitative estimate of drug-likeness (QED) is 0.800. The summed E-state index contributed by atoms with van der Waals surface area (Å²) >= 11 is 0. The van der Waals surface area contributed by atoms with Crippen molar-refractivity contribution in [3.8, 4) is 5.75 Å². The molecule has 2 N–H and O–H groups in total. The second kappa shape index (κ2) is 7.92. The molecule has 2 aromatic carbocycles. The number of hydrogen-bond acceptors (Lipinski definition) is 3. The van der Waals surface area contributed by atoms with Gasteiger partial charge in [0.1, 0.15) is 11.8 Å². The zero-order chi connectivity index (χ0) is 18.4. The van der Waals surface area contributed by atoms with E-state index in [4.69, 9.17) is 0 Å². The number of anilines is 2. The maximum absolute atomic E-state index is 12.2.